The minimum absolute atomic E-state index is 0.215. The Labute approximate surface area is 215 Å². The number of aryl methyl sites for hydroxylation is 1. The number of anilines is 1. The summed E-state index contributed by atoms with van der Waals surface area (Å²) in [5.74, 6) is 0.193. The molecule has 1 saturated heterocycles. The minimum Gasteiger partial charge on any atom is -0.497 e. The van der Waals surface area contributed by atoms with Crippen LogP contribution in [0.2, 0.25) is 0 Å². The Hall–Kier alpha value is -4.42. The van der Waals surface area contributed by atoms with Gasteiger partial charge in [0.05, 0.1) is 43.6 Å². The summed E-state index contributed by atoms with van der Waals surface area (Å²) in [6.45, 7) is 5.89. The monoisotopic (exact) mass is 496 g/mol. The molecule has 0 spiro atoms. The van der Waals surface area contributed by atoms with Crippen molar-refractivity contribution in [2.75, 3.05) is 51.8 Å². The zero-order chi connectivity index (χ0) is 25.9. The second-order valence-corrected chi connectivity index (χ2v) is 8.91. The molecule has 1 aliphatic rings. The Bertz CT molecular complexity index is 1480. The van der Waals surface area contributed by atoms with Crippen LogP contribution in [-0.4, -0.2) is 72.6 Å². The van der Waals surface area contributed by atoms with Crippen molar-refractivity contribution >= 4 is 22.7 Å². The van der Waals surface area contributed by atoms with E-state index >= 15 is 0 Å². The molecule has 9 nitrogen and oxygen atoms in total. The van der Waals surface area contributed by atoms with Crippen molar-refractivity contribution in [2.24, 2.45) is 0 Å². The third-order valence-electron chi connectivity index (χ3n) is 6.72. The number of hydrogen-bond acceptors (Lipinski definition) is 8. The molecule has 4 aromatic rings. The van der Waals surface area contributed by atoms with Crippen LogP contribution in [0.5, 0.6) is 5.75 Å². The molecule has 5 rings (SSSR count). The van der Waals surface area contributed by atoms with Crippen molar-refractivity contribution < 1.29 is 14.3 Å². The Morgan fingerprint density at radius 3 is 2.46 bits per heavy atom. The minimum atomic E-state index is -0.508. The summed E-state index contributed by atoms with van der Waals surface area (Å²) in [7, 11) is 2.97. The van der Waals surface area contributed by atoms with Gasteiger partial charge < -0.3 is 14.4 Å². The van der Waals surface area contributed by atoms with Gasteiger partial charge in [-0.15, -0.1) is 0 Å². The molecule has 0 amide bonds. The van der Waals surface area contributed by atoms with Gasteiger partial charge in [-0.2, -0.15) is 10.4 Å². The summed E-state index contributed by atoms with van der Waals surface area (Å²) in [4.78, 5) is 21.7. The second kappa shape index (κ2) is 10.3. The number of methoxy groups -OCH3 is 2. The van der Waals surface area contributed by atoms with Crippen LogP contribution in [0.25, 0.3) is 27.8 Å². The zero-order valence-corrected chi connectivity index (χ0v) is 21.1. The molecule has 3 heterocycles. The Balaban J connectivity index is 1.56. The van der Waals surface area contributed by atoms with E-state index in [1.165, 1.54) is 7.11 Å². The van der Waals surface area contributed by atoms with Gasteiger partial charge in [-0.25, -0.2) is 14.5 Å². The number of esters is 1. The summed E-state index contributed by atoms with van der Waals surface area (Å²) >= 11 is 0. The van der Waals surface area contributed by atoms with Crippen molar-refractivity contribution in [3.63, 3.8) is 0 Å². The molecule has 37 heavy (non-hydrogen) atoms. The van der Waals surface area contributed by atoms with E-state index in [9.17, 15) is 4.79 Å². The maximum Gasteiger partial charge on any atom is 0.356 e. The lowest BCUT2D eigenvalue weighted by molar-refractivity contribution is 0.0594. The molecular formula is C28H28N6O3. The predicted octanol–water partition coefficient (Wildman–Crippen LogP) is 3.84. The van der Waals surface area contributed by atoms with Crippen molar-refractivity contribution in [3.05, 3.63) is 66.0 Å². The standard InChI is InChI=1S/C28H28N6O3/c1-19-26-24(20-7-9-21(10-8-20)33-15-13-32(12-11-29)14-16-33)18-25(28(35)37-3)30-27(26)34(31-19)22-5-4-6-23(17-22)36-2/h4-10,17-18H,12-16H2,1-3H3. The van der Waals surface area contributed by atoms with Crippen LogP contribution in [-0.2, 0) is 4.74 Å². The molecule has 188 valence electrons. The molecule has 2 aromatic carbocycles. The number of nitrogens with zero attached hydrogens (tertiary/aromatic N) is 6. The fourth-order valence-corrected chi connectivity index (χ4v) is 4.76. The molecular weight excluding hydrogens is 468 g/mol. The molecule has 0 saturated carbocycles. The molecule has 1 aliphatic heterocycles. The Morgan fingerprint density at radius 1 is 1.03 bits per heavy atom. The molecule has 2 aromatic heterocycles. The highest BCUT2D eigenvalue weighted by molar-refractivity contribution is 6.00. The van der Waals surface area contributed by atoms with Crippen LogP contribution in [0.3, 0.4) is 0 Å². The van der Waals surface area contributed by atoms with Crippen molar-refractivity contribution in [3.8, 4) is 28.6 Å². The van der Waals surface area contributed by atoms with E-state index in [0.717, 1.165) is 59.8 Å². The van der Waals surface area contributed by atoms with Crippen LogP contribution in [0.15, 0.2) is 54.6 Å². The number of ether oxygens (including phenoxy) is 2. The van der Waals surface area contributed by atoms with Gasteiger partial charge in [0.2, 0.25) is 0 Å². The smallest absolute Gasteiger partial charge is 0.356 e. The van der Waals surface area contributed by atoms with Crippen LogP contribution in [0, 0.1) is 18.3 Å². The molecule has 0 aliphatic carbocycles. The first-order valence-corrected chi connectivity index (χ1v) is 12.1. The lowest BCUT2D eigenvalue weighted by atomic mass is 10.0. The maximum absolute atomic E-state index is 12.6. The molecule has 0 bridgehead atoms. The van der Waals surface area contributed by atoms with E-state index < -0.39 is 5.97 Å². The summed E-state index contributed by atoms with van der Waals surface area (Å²) in [6, 6.07) is 19.9. The average Bonchev–Trinajstić information content (AvgIpc) is 3.29. The van der Waals surface area contributed by atoms with E-state index in [2.05, 4.69) is 45.1 Å². The van der Waals surface area contributed by atoms with Gasteiger partial charge in [-0.05, 0) is 48.4 Å². The first-order valence-electron chi connectivity index (χ1n) is 12.1. The fraction of sp³-hybridized carbons (Fsp3) is 0.286. The second-order valence-electron chi connectivity index (χ2n) is 8.91. The van der Waals surface area contributed by atoms with Gasteiger partial charge >= 0.3 is 5.97 Å². The highest BCUT2D eigenvalue weighted by atomic mass is 16.5. The quantitative estimate of drug-likeness (QED) is 0.294. The Morgan fingerprint density at radius 2 is 1.78 bits per heavy atom. The van der Waals surface area contributed by atoms with E-state index in [0.29, 0.717) is 17.9 Å². The summed E-state index contributed by atoms with van der Waals surface area (Å²) in [6.07, 6.45) is 0. The topological polar surface area (TPSA) is 96.5 Å². The number of carbonyl (C=O) groups excluding carboxylic acids is 1. The number of aromatic nitrogens is 3. The lowest BCUT2D eigenvalue weighted by Gasteiger charge is -2.35. The van der Waals surface area contributed by atoms with E-state index in [-0.39, 0.29) is 5.69 Å². The van der Waals surface area contributed by atoms with E-state index in [4.69, 9.17) is 19.8 Å². The molecule has 0 N–H and O–H groups in total. The van der Waals surface area contributed by atoms with Gasteiger partial charge in [0.1, 0.15) is 5.75 Å². The number of carbonyl (C=O) groups is 1. The van der Waals surface area contributed by atoms with Gasteiger partial charge in [-0.3, -0.25) is 4.90 Å². The summed E-state index contributed by atoms with van der Waals surface area (Å²) < 4.78 is 12.1. The summed E-state index contributed by atoms with van der Waals surface area (Å²) in [5.41, 5.74) is 5.31. The summed E-state index contributed by atoms with van der Waals surface area (Å²) in [5, 5.41) is 14.6. The Kier molecular flexibility index (Phi) is 6.75. The van der Waals surface area contributed by atoms with Gasteiger partial charge in [0.25, 0.3) is 0 Å². The van der Waals surface area contributed by atoms with Crippen LogP contribution < -0.4 is 9.64 Å². The van der Waals surface area contributed by atoms with Crippen LogP contribution in [0.4, 0.5) is 5.69 Å². The number of nitriles is 1. The lowest BCUT2D eigenvalue weighted by Crippen LogP contribution is -2.46. The zero-order valence-electron chi connectivity index (χ0n) is 21.1. The first kappa shape index (κ1) is 24.3. The molecule has 0 radical (unpaired) electrons. The number of piperazine rings is 1. The van der Waals surface area contributed by atoms with Crippen molar-refractivity contribution in [2.45, 2.75) is 6.92 Å². The van der Waals surface area contributed by atoms with Crippen molar-refractivity contribution in [1.29, 1.82) is 5.26 Å². The van der Waals surface area contributed by atoms with Gasteiger partial charge in [0.15, 0.2) is 11.3 Å². The largest absolute Gasteiger partial charge is 0.497 e. The van der Waals surface area contributed by atoms with Crippen LogP contribution in [0.1, 0.15) is 16.2 Å². The molecule has 1 fully saturated rings. The SMILES string of the molecule is COC(=O)c1cc(-c2ccc(N3CCN(CC#N)CC3)cc2)c2c(C)nn(-c3cccc(OC)c3)c2n1. The third-order valence-corrected chi connectivity index (χ3v) is 6.72. The van der Waals surface area contributed by atoms with Crippen LogP contribution >= 0.6 is 0 Å². The predicted molar refractivity (Wildman–Crippen MR) is 141 cm³/mol. The normalized spacial score (nSPS) is 13.9. The number of rotatable bonds is 6. The maximum atomic E-state index is 12.6. The highest BCUT2D eigenvalue weighted by Gasteiger charge is 2.21. The highest BCUT2D eigenvalue weighted by Crippen LogP contribution is 2.34. The van der Waals surface area contributed by atoms with Gasteiger partial charge in [-0.1, -0.05) is 18.2 Å². The first-order chi connectivity index (χ1) is 18.0. The number of fused-ring (bicyclic) bond motifs is 1. The number of pyridine rings is 1. The van der Waals surface area contributed by atoms with E-state index in [1.807, 2.05) is 31.2 Å². The number of benzene rings is 2. The molecule has 9 heteroatoms. The third kappa shape index (κ3) is 4.71. The van der Waals surface area contributed by atoms with Crippen molar-refractivity contribution in [1.82, 2.24) is 19.7 Å². The molecule has 0 unspecified atom stereocenters. The molecule has 0 atom stereocenters. The fourth-order valence-electron chi connectivity index (χ4n) is 4.76. The van der Waals surface area contributed by atoms with E-state index in [1.54, 1.807) is 17.9 Å². The average molecular weight is 497 g/mol. The van der Waals surface area contributed by atoms with Gasteiger partial charge in [0, 0.05) is 37.9 Å². The number of hydrogen-bond donors (Lipinski definition) is 0.